The largest absolute Gasteiger partial charge is 0.355 e. The van der Waals surface area contributed by atoms with E-state index in [9.17, 15) is 0 Å². The van der Waals surface area contributed by atoms with Gasteiger partial charge in [-0.3, -0.25) is 0 Å². The predicted molar refractivity (Wildman–Crippen MR) is 120 cm³/mol. The Morgan fingerprint density at radius 2 is 1.56 bits per heavy atom. The quantitative estimate of drug-likeness (QED) is 0.496. The number of nitrogens with one attached hydrogen (secondary N) is 2. The van der Waals surface area contributed by atoms with Crippen molar-refractivity contribution < 1.29 is 0 Å². The maximum absolute atomic E-state index is 4.23. The monoisotopic (exact) mass is 350 g/mol. The molecule has 2 heterocycles. The first-order valence-electron chi connectivity index (χ1n) is 9.01. The Morgan fingerprint density at radius 1 is 0.889 bits per heavy atom. The Morgan fingerprint density at radius 3 is 2.19 bits per heavy atom. The molecule has 2 aromatic carbocycles. The van der Waals surface area contributed by atoms with Gasteiger partial charge in [-0.1, -0.05) is 50.1 Å². The van der Waals surface area contributed by atoms with Gasteiger partial charge in [-0.05, 0) is 54.5 Å². The van der Waals surface area contributed by atoms with Gasteiger partial charge in [0.1, 0.15) is 0 Å². The number of aromatic nitrogens is 2. The van der Waals surface area contributed by atoms with Gasteiger partial charge in [-0.25, -0.2) is 0 Å². The molecule has 0 radical (unpaired) electrons. The molecular formula is C25H22N2. The molecule has 0 bridgehead atoms. The zero-order valence-electron chi connectivity index (χ0n) is 15.5. The molecule has 0 aliphatic rings. The number of benzene rings is 2. The number of H-pyrrole nitrogens is 2. The minimum atomic E-state index is 0.998. The van der Waals surface area contributed by atoms with E-state index in [4.69, 9.17) is 0 Å². The molecule has 0 unspecified atom stereocenters. The van der Waals surface area contributed by atoms with Crippen LogP contribution in [0.1, 0.15) is 18.2 Å². The molecule has 0 fully saturated rings. The molecule has 0 saturated carbocycles. The summed E-state index contributed by atoms with van der Waals surface area (Å²) in [5.41, 5.74) is 6.78. The first kappa shape index (κ1) is 16.9. The second kappa shape index (κ2) is 6.65. The molecule has 2 heteroatoms. The van der Waals surface area contributed by atoms with E-state index in [0.29, 0.717) is 0 Å². The average molecular weight is 350 g/mol. The van der Waals surface area contributed by atoms with Crippen LogP contribution in [0, 0.1) is 0 Å². The van der Waals surface area contributed by atoms with Gasteiger partial charge in [0.15, 0.2) is 0 Å². The van der Waals surface area contributed by atoms with Crippen molar-refractivity contribution >= 4 is 46.6 Å². The summed E-state index contributed by atoms with van der Waals surface area (Å²) in [6, 6.07) is 13.0. The van der Waals surface area contributed by atoms with Crippen LogP contribution in [-0.4, -0.2) is 9.97 Å². The molecule has 0 amide bonds. The highest BCUT2D eigenvalue weighted by molar-refractivity contribution is 5.96. The van der Waals surface area contributed by atoms with E-state index in [2.05, 4.69) is 78.3 Å². The topological polar surface area (TPSA) is 31.6 Å². The van der Waals surface area contributed by atoms with Crippen molar-refractivity contribution in [2.75, 3.05) is 0 Å². The lowest BCUT2D eigenvalue weighted by Crippen LogP contribution is -2.20. The highest BCUT2D eigenvalue weighted by Crippen LogP contribution is 2.30. The van der Waals surface area contributed by atoms with Crippen molar-refractivity contribution in [1.82, 2.24) is 9.97 Å². The molecule has 0 saturated heterocycles. The Labute approximate surface area is 158 Å². The lowest BCUT2D eigenvalue weighted by molar-refractivity contribution is 1.36. The molecule has 0 aliphatic heterocycles. The van der Waals surface area contributed by atoms with Crippen LogP contribution in [-0.2, 0) is 0 Å². The van der Waals surface area contributed by atoms with Crippen molar-refractivity contribution in [3.63, 3.8) is 0 Å². The standard InChI is InChI=1S/C25H22N2/c1-5-8-19-21-15-18(11-13-25(21)26-22(19)7-3)17-10-12-24-20(14-17)16(4)23(27-24)9-6-2/h5-15,26-27H,2-4H2,1H3/b8-5-,23-9+. The number of rotatable bonds is 4. The van der Waals surface area contributed by atoms with Crippen LogP contribution in [0.25, 0.3) is 57.7 Å². The fourth-order valence-corrected chi connectivity index (χ4v) is 3.63. The summed E-state index contributed by atoms with van der Waals surface area (Å²) >= 11 is 0. The fraction of sp³-hybridized carbons (Fsp3) is 0.0400. The number of allylic oxidation sites excluding steroid dienone is 2. The number of aromatic amines is 2. The molecule has 132 valence electrons. The average Bonchev–Trinajstić information content (AvgIpc) is 3.19. The van der Waals surface area contributed by atoms with Crippen molar-refractivity contribution in [2.45, 2.75) is 6.92 Å². The Hall–Kier alpha value is -3.52. The second-order valence-corrected chi connectivity index (χ2v) is 6.60. The summed E-state index contributed by atoms with van der Waals surface area (Å²) in [4.78, 5) is 6.83. The molecule has 0 atom stereocenters. The molecule has 2 nitrogen and oxygen atoms in total. The molecule has 2 N–H and O–H groups in total. The molecule has 0 spiro atoms. The van der Waals surface area contributed by atoms with Crippen LogP contribution in [0.3, 0.4) is 0 Å². The highest BCUT2D eigenvalue weighted by atomic mass is 14.7. The minimum Gasteiger partial charge on any atom is -0.355 e. The molecule has 0 aliphatic carbocycles. The maximum Gasteiger partial charge on any atom is 0.0465 e. The van der Waals surface area contributed by atoms with Gasteiger partial charge in [0.2, 0.25) is 0 Å². The molecular weight excluding hydrogens is 328 g/mol. The number of hydrogen-bond donors (Lipinski definition) is 2. The smallest absolute Gasteiger partial charge is 0.0465 e. The third-order valence-electron chi connectivity index (χ3n) is 4.96. The minimum absolute atomic E-state index is 0.998. The Kier molecular flexibility index (Phi) is 4.17. The molecule has 27 heavy (non-hydrogen) atoms. The van der Waals surface area contributed by atoms with Crippen molar-refractivity contribution in [2.24, 2.45) is 0 Å². The summed E-state index contributed by atoms with van der Waals surface area (Å²) in [7, 11) is 0. The van der Waals surface area contributed by atoms with E-state index in [1.165, 1.54) is 22.1 Å². The molecule has 4 rings (SSSR count). The number of hydrogen-bond acceptors (Lipinski definition) is 0. The van der Waals surface area contributed by atoms with Crippen LogP contribution < -0.4 is 10.6 Å². The first-order chi connectivity index (χ1) is 13.2. The van der Waals surface area contributed by atoms with Gasteiger partial charge < -0.3 is 9.97 Å². The van der Waals surface area contributed by atoms with Gasteiger partial charge >= 0.3 is 0 Å². The van der Waals surface area contributed by atoms with Crippen molar-refractivity contribution in [3.8, 4) is 11.1 Å². The lowest BCUT2D eigenvalue weighted by Gasteiger charge is -2.03. The fourth-order valence-electron chi connectivity index (χ4n) is 3.63. The van der Waals surface area contributed by atoms with Crippen LogP contribution >= 0.6 is 0 Å². The van der Waals surface area contributed by atoms with Crippen molar-refractivity contribution in [1.29, 1.82) is 0 Å². The summed E-state index contributed by atoms with van der Waals surface area (Å²) in [6.07, 6.45) is 9.78. The van der Waals surface area contributed by atoms with E-state index >= 15 is 0 Å². The van der Waals surface area contributed by atoms with Gasteiger partial charge in [-0.15, -0.1) is 0 Å². The SMILES string of the molecule is C=C/C=c1/[nH]c2ccc(-c3ccc4[nH]c(C=C)c(/C=C\C)c4c3)cc2c1=C. The normalized spacial score (nSPS) is 12.4. The zero-order chi connectivity index (χ0) is 19.0. The first-order valence-corrected chi connectivity index (χ1v) is 9.01. The van der Waals surface area contributed by atoms with E-state index in [1.54, 1.807) is 6.08 Å². The zero-order valence-corrected chi connectivity index (χ0v) is 15.5. The Bertz CT molecular complexity index is 1330. The van der Waals surface area contributed by atoms with Gasteiger partial charge in [0, 0.05) is 43.6 Å². The summed E-state index contributed by atoms with van der Waals surface area (Å²) in [6.45, 7) is 14.0. The second-order valence-electron chi connectivity index (χ2n) is 6.60. The van der Waals surface area contributed by atoms with Crippen LogP contribution in [0.15, 0.2) is 61.7 Å². The van der Waals surface area contributed by atoms with Gasteiger partial charge in [-0.2, -0.15) is 0 Å². The molecule has 4 aromatic rings. The van der Waals surface area contributed by atoms with Gasteiger partial charge in [0.05, 0.1) is 0 Å². The summed E-state index contributed by atoms with van der Waals surface area (Å²) < 4.78 is 0. The molecule has 2 aromatic heterocycles. The number of fused-ring (bicyclic) bond motifs is 2. The maximum atomic E-state index is 4.23. The lowest BCUT2D eigenvalue weighted by atomic mass is 10.0. The highest BCUT2D eigenvalue weighted by Gasteiger charge is 2.09. The van der Waals surface area contributed by atoms with Crippen LogP contribution in [0.4, 0.5) is 0 Å². The third-order valence-corrected chi connectivity index (χ3v) is 4.96. The Balaban J connectivity index is 1.94. The summed E-state index contributed by atoms with van der Waals surface area (Å²) in [5, 5.41) is 4.34. The van der Waals surface area contributed by atoms with Crippen molar-refractivity contribution in [3.05, 3.63) is 83.5 Å². The van der Waals surface area contributed by atoms with E-state index < -0.39 is 0 Å². The van der Waals surface area contributed by atoms with E-state index in [0.717, 1.165) is 32.7 Å². The van der Waals surface area contributed by atoms with Crippen LogP contribution in [0.2, 0.25) is 0 Å². The predicted octanol–water partition coefficient (Wildman–Crippen LogP) is 5.37. The van der Waals surface area contributed by atoms with Gasteiger partial charge in [0.25, 0.3) is 0 Å². The van der Waals surface area contributed by atoms with Crippen LogP contribution in [0.5, 0.6) is 0 Å². The van der Waals surface area contributed by atoms with E-state index in [-0.39, 0.29) is 0 Å². The summed E-state index contributed by atoms with van der Waals surface area (Å²) in [5.74, 6) is 0. The third kappa shape index (κ3) is 2.76. The van der Waals surface area contributed by atoms with E-state index in [1.807, 2.05) is 19.1 Å².